The molecular weight excluding hydrogens is 516 g/mol. The minimum atomic E-state index is -1.05. The highest BCUT2D eigenvalue weighted by molar-refractivity contribution is 7.13. The van der Waals surface area contributed by atoms with Crippen LogP contribution >= 0.6 is 22.9 Å². The van der Waals surface area contributed by atoms with Gasteiger partial charge in [-0.15, -0.1) is 11.3 Å². The minimum absolute atomic E-state index is 0.255. The molecule has 2 aliphatic heterocycles. The molecule has 3 aromatic rings. The number of likely N-dealkylation sites (tertiary alicyclic amines) is 1. The van der Waals surface area contributed by atoms with Crippen LogP contribution in [0.25, 0.3) is 10.9 Å². The van der Waals surface area contributed by atoms with Crippen LogP contribution in [0.1, 0.15) is 50.6 Å². The van der Waals surface area contributed by atoms with Crippen molar-refractivity contribution in [3.05, 3.63) is 50.6 Å². The van der Waals surface area contributed by atoms with Crippen molar-refractivity contribution < 1.29 is 19.5 Å². The number of carboxylic acid groups (broad SMARTS) is 1. The van der Waals surface area contributed by atoms with Crippen molar-refractivity contribution >= 4 is 51.7 Å². The van der Waals surface area contributed by atoms with E-state index >= 15 is 0 Å². The van der Waals surface area contributed by atoms with Gasteiger partial charge in [0.15, 0.2) is 5.01 Å². The van der Waals surface area contributed by atoms with Gasteiger partial charge in [-0.1, -0.05) is 18.5 Å². The lowest BCUT2D eigenvalue weighted by Gasteiger charge is -2.44. The molecule has 0 bridgehead atoms. The van der Waals surface area contributed by atoms with Crippen LogP contribution in [-0.4, -0.2) is 81.0 Å². The number of rotatable bonds is 5. The molecule has 196 valence electrons. The summed E-state index contributed by atoms with van der Waals surface area (Å²) in [5, 5.41) is 17.6. The maximum atomic E-state index is 13.3. The van der Waals surface area contributed by atoms with Gasteiger partial charge in [0.1, 0.15) is 5.69 Å². The molecule has 3 amide bonds. The summed E-state index contributed by atoms with van der Waals surface area (Å²) in [4.78, 5) is 50.8. The van der Waals surface area contributed by atoms with Crippen LogP contribution in [0.5, 0.6) is 0 Å². The SMILES string of the molecule is CCC1[C@H](NC(=O)c2nc3c(s2)CN(C)CC3)[C@@H](NC(=O)c2cc3cc(Cl)ccc3[nH]2)CCN1C(=O)O. The summed E-state index contributed by atoms with van der Waals surface area (Å²) in [5.41, 5.74) is 2.09. The topological polar surface area (TPSA) is 131 Å². The second-order valence-electron chi connectivity index (χ2n) is 9.61. The first-order valence-electron chi connectivity index (χ1n) is 12.3. The predicted molar refractivity (Wildman–Crippen MR) is 141 cm³/mol. The first-order valence-corrected chi connectivity index (χ1v) is 13.5. The number of carbonyl (C=O) groups is 3. The molecule has 1 aromatic carbocycles. The molecule has 0 saturated carbocycles. The van der Waals surface area contributed by atoms with E-state index in [9.17, 15) is 19.5 Å². The number of carbonyl (C=O) groups excluding carboxylic acids is 2. The van der Waals surface area contributed by atoms with E-state index in [1.807, 2.05) is 14.0 Å². The Balaban J connectivity index is 1.38. The second kappa shape index (κ2) is 10.3. The number of aromatic nitrogens is 2. The average Bonchev–Trinajstić information content (AvgIpc) is 3.48. The highest BCUT2D eigenvalue weighted by Gasteiger charge is 2.41. The molecule has 4 heterocycles. The molecule has 1 fully saturated rings. The number of fused-ring (bicyclic) bond motifs is 2. The van der Waals surface area contributed by atoms with Crippen molar-refractivity contribution in [3.8, 4) is 0 Å². The van der Waals surface area contributed by atoms with E-state index < -0.39 is 24.2 Å². The number of amides is 3. The predicted octanol–water partition coefficient (Wildman–Crippen LogP) is 3.33. The fourth-order valence-corrected chi connectivity index (χ4v) is 6.53. The number of piperidine rings is 1. The number of nitrogens with zero attached hydrogens (tertiary/aromatic N) is 3. The van der Waals surface area contributed by atoms with E-state index in [1.54, 1.807) is 24.3 Å². The molecule has 3 atom stereocenters. The third-order valence-corrected chi connectivity index (χ3v) is 8.47. The van der Waals surface area contributed by atoms with Gasteiger partial charge >= 0.3 is 6.09 Å². The summed E-state index contributed by atoms with van der Waals surface area (Å²) in [7, 11) is 2.03. The molecule has 2 aromatic heterocycles. The van der Waals surface area contributed by atoms with Gasteiger partial charge < -0.3 is 30.5 Å². The molecule has 0 aliphatic carbocycles. The van der Waals surface area contributed by atoms with Gasteiger partial charge in [0, 0.05) is 46.9 Å². The summed E-state index contributed by atoms with van der Waals surface area (Å²) >= 11 is 7.45. The standard InChI is InChI=1S/C25H29ClN6O4S/c1-3-19-21(30-23(34)24-29-16-6-8-31(2)12-20(16)37-24)17(7-9-32(19)25(35)36)28-22(33)18-11-13-10-14(26)4-5-15(13)27-18/h4-5,10-11,17,19,21,27H,3,6-9,12H2,1-2H3,(H,28,33)(H,30,34)(H,35,36)/t17-,19?,21+/m0/s1. The van der Waals surface area contributed by atoms with Crippen LogP contribution < -0.4 is 10.6 Å². The van der Waals surface area contributed by atoms with E-state index in [-0.39, 0.29) is 18.4 Å². The number of aromatic amines is 1. The molecular formula is C25H29ClN6O4S. The van der Waals surface area contributed by atoms with Gasteiger partial charge in [-0.2, -0.15) is 0 Å². The molecule has 10 nitrogen and oxygen atoms in total. The fourth-order valence-electron chi connectivity index (χ4n) is 5.26. The highest BCUT2D eigenvalue weighted by atomic mass is 35.5. The Morgan fingerprint density at radius 3 is 2.78 bits per heavy atom. The van der Waals surface area contributed by atoms with Crippen LogP contribution in [0.3, 0.4) is 0 Å². The van der Waals surface area contributed by atoms with Gasteiger partial charge in [-0.25, -0.2) is 9.78 Å². The Hall–Kier alpha value is -3.15. The van der Waals surface area contributed by atoms with Crippen molar-refractivity contribution in [1.29, 1.82) is 0 Å². The Kier molecular flexibility index (Phi) is 7.11. The summed E-state index contributed by atoms with van der Waals surface area (Å²) in [5.74, 6) is -0.680. The van der Waals surface area contributed by atoms with E-state index in [0.29, 0.717) is 28.6 Å². The number of hydrogen-bond acceptors (Lipinski definition) is 6. The molecule has 4 N–H and O–H groups in total. The normalized spacial score (nSPS) is 22.0. The fraction of sp³-hybridized carbons (Fsp3) is 0.440. The maximum Gasteiger partial charge on any atom is 0.407 e. The Labute approximate surface area is 223 Å². The summed E-state index contributed by atoms with van der Waals surface area (Å²) in [6.45, 7) is 3.77. The molecule has 0 spiro atoms. The molecule has 12 heteroatoms. The van der Waals surface area contributed by atoms with Gasteiger partial charge in [0.2, 0.25) is 0 Å². The van der Waals surface area contributed by atoms with Gasteiger partial charge in [-0.05, 0) is 44.2 Å². The lowest BCUT2D eigenvalue weighted by atomic mass is 9.89. The maximum absolute atomic E-state index is 13.3. The molecule has 1 unspecified atom stereocenters. The van der Waals surface area contributed by atoms with Crippen molar-refractivity contribution in [3.63, 3.8) is 0 Å². The zero-order valence-corrected chi connectivity index (χ0v) is 22.2. The third-order valence-electron chi connectivity index (χ3n) is 7.15. The molecule has 0 radical (unpaired) electrons. The largest absolute Gasteiger partial charge is 0.465 e. The van der Waals surface area contributed by atoms with E-state index in [0.717, 1.165) is 41.0 Å². The Bertz CT molecular complexity index is 1360. The summed E-state index contributed by atoms with van der Waals surface area (Å²) in [6, 6.07) is 5.47. The molecule has 37 heavy (non-hydrogen) atoms. The number of benzene rings is 1. The first kappa shape index (κ1) is 25.5. The minimum Gasteiger partial charge on any atom is -0.465 e. The molecule has 5 rings (SSSR count). The summed E-state index contributed by atoms with van der Waals surface area (Å²) in [6.07, 6.45) is 0.590. The number of H-pyrrole nitrogens is 1. The van der Waals surface area contributed by atoms with Crippen LogP contribution in [0, 0.1) is 0 Å². The number of hydrogen-bond donors (Lipinski definition) is 4. The molecule has 1 saturated heterocycles. The number of likely N-dealkylation sites (N-methyl/N-ethyl adjacent to an activating group) is 1. The third kappa shape index (κ3) is 5.16. The zero-order chi connectivity index (χ0) is 26.3. The van der Waals surface area contributed by atoms with Crippen LogP contribution in [0.2, 0.25) is 5.02 Å². The Morgan fingerprint density at radius 2 is 2.03 bits per heavy atom. The number of thiazole rings is 1. The Morgan fingerprint density at radius 1 is 1.22 bits per heavy atom. The summed E-state index contributed by atoms with van der Waals surface area (Å²) < 4.78 is 0. The monoisotopic (exact) mass is 544 g/mol. The van der Waals surface area contributed by atoms with Crippen LogP contribution in [-0.2, 0) is 13.0 Å². The quantitative estimate of drug-likeness (QED) is 0.390. The lowest BCUT2D eigenvalue weighted by molar-refractivity contribution is 0.0604. The van der Waals surface area contributed by atoms with Crippen molar-refractivity contribution in [2.45, 2.75) is 50.9 Å². The van der Waals surface area contributed by atoms with Gasteiger partial charge in [0.25, 0.3) is 11.8 Å². The second-order valence-corrected chi connectivity index (χ2v) is 11.1. The van der Waals surface area contributed by atoms with Crippen molar-refractivity contribution in [1.82, 2.24) is 30.4 Å². The van der Waals surface area contributed by atoms with Crippen LogP contribution in [0.15, 0.2) is 24.3 Å². The zero-order valence-electron chi connectivity index (χ0n) is 20.6. The number of halogens is 1. The average molecular weight is 545 g/mol. The van der Waals surface area contributed by atoms with Gasteiger partial charge in [-0.3, -0.25) is 9.59 Å². The van der Waals surface area contributed by atoms with E-state index in [4.69, 9.17) is 11.6 Å². The first-order chi connectivity index (χ1) is 17.7. The lowest BCUT2D eigenvalue weighted by Crippen LogP contribution is -2.66. The van der Waals surface area contributed by atoms with E-state index in [1.165, 1.54) is 16.2 Å². The highest BCUT2D eigenvalue weighted by Crippen LogP contribution is 2.27. The molecule has 2 aliphatic rings. The number of nitrogens with one attached hydrogen (secondary N) is 3. The van der Waals surface area contributed by atoms with Gasteiger partial charge in [0.05, 0.1) is 23.8 Å². The van der Waals surface area contributed by atoms with Crippen molar-refractivity contribution in [2.75, 3.05) is 20.1 Å². The van der Waals surface area contributed by atoms with Crippen molar-refractivity contribution in [2.24, 2.45) is 0 Å². The van der Waals surface area contributed by atoms with Crippen LogP contribution in [0.4, 0.5) is 4.79 Å². The smallest absolute Gasteiger partial charge is 0.407 e. The van der Waals surface area contributed by atoms with E-state index in [2.05, 4.69) is 25.5 Å².